The standard InChI is InChI=1S/C15H18N4O/c1-5-10-19-14(20)17-13(16)15(19,2)11-6-8-12(9-7-11)18(3)4/h1,6-9H,10H2,2-4H3,(H2,16,17,20). The molecule has 1 unspecified atom stereocenters. The molecule has 1 atom stereocenters. The molecule has 0 aliphatic carbocycles. The molecule has 0 radical (unpaired) electrons. The molecule has 1 aromatic carbocycles. The molecule has 2 amide bonds. The third-order valence-electron chi connectivity index (χ3n) is 3.70. The first-order valence-electron chi connectivity index (χ1n) is 6.30. The third kappa shape index (κ3) is 1.99. The van der Waals surface area contributed by atoms with Crippen molar-refractivity contribution in [3.05, 3.63) is 29.8 Å². The summed E-state index contributed by atoms with van der Waals surface area (Å²) in [5.74, 6) is 2.62. The number of carbonyl (C=O) groups is 1. The number of terminal acetylenes is 1. The quantitative estimate of drug-likeness (QED) is 0.820. The van der Waals surface area contributed by atoms with Gasteiger partial charge in [-0.25, -0.2) is 4.79 Å². The highest BCUT2D eigenvalue weighted by atomic mass is 16.2. The van der Waals surface area contributed by atoms with Crippen molar-refractivity contribution in [2.75, 3.05) is 25.5 Å². The number of carbonyl (C=O) groups excluding carboxylic acids is 1. The van der Waals surface area contributed by atoms with Crippen LogP contribution in [0.5, 0.6) is 0 Å². The summed E-state index contributed by atoms with van der Waals surface area (Å²) in [6.45, 7) is 2.00. The van der Waals surface area contributed by atoms with Gasteiger partial charge in [0.15, 0.2) is 0 Å². The van der Waals surface area contributed by atoms with E-state index in [1.807, 2.05) is 50.2 Å². The predicted molar refractivity (Wildman–Crippen MR) is 79.9 cm³/mol. The molecule has 5 heteroatoms. The van der Waals surface area contributed by atoms with Crippen LogP contribution in [-0.2, 0) is 5.54 Å². The maximum absolute atomic E-state index is 11.9. The van der Waals surface area contributed by atoms with E-state index in [4.69, 9.17) is 11.8 Å². The predicted octanol–water partition coefficient (Wildman–Crippen LogP) is 1.60. The van der Waals surface area contributed by atoms with Crippen LogP contribution in [0.2, 0.25) is 0 Å². The van der Waals surface area contributed by atoms with E-state index < -0.39 is 5.54 Å². The second-order valence-electron chi connectivity index (χ2n) is 5.11. The highest BCUT2D eigenvalue weighted by Gasteiger charge is 2.47. The molecule has 104 valence electrons. The van der Waals surface area contributed by atoms with Crippen molar-refractivity contribution in [2.24, 2.45) is 0 Å². The Labute approximate surface area is 119 Å². The van der Waals surface area contributed by atoms with Gasteiger partial charge in [0.1, 0.15) is 11.4 Å². The van der Waals surface area contributed by atoms with Crippen molar-refractivity contribution in [2.45, 2.75) is 12.5 Å². The van der Waals surface area contributed by atoms with Gasteiger partial charge in [-0.05, 0) is 24.6 Å². The summed E-state index contributed by atoms with van der Waals surface area (Å²) in [6.07, 6.45) is 5.33. The topological polar surface area (TPSA) is 59.4 Å². The molecular formula is C15H18N4O. The molecule has 0 saturated carbocycles. The van der Waals surface area contributed by atoms with Gasteiger partial charge in [-0.1, -0.05) is 18.1 Å². The van der Waals surface area contributed by atoms with E-state index >= 15 is 0 Å². The second kappa shape index (κ2) is 4.89. The zero-order chi connectivity index (χ0) is 14.9. The number of nitrogens with one attached hydrogen (secondary N) is 2. The van der Waals surface area contributed by atoms with Gasteiger partial charge < -0.3 is 4.90 Å². The largest absolute Gasteiger partial charge is 0.378 e. The Hall–Kier alpha value is -2.48. The Balaban J connectivity index is 2.44. The Kier molecular flexibility index (Phi) is 3.41. The molecule has 0 spiro atoms. The van der Waals surface area contributed by atoms with E-state index in [0.29, 0.717) is 0 Å². The molecule has 1 saturated heterocycles. The minimum Gasteiger partial charge on any atom is -0.378 e. The van der Waals surface area contributed by atoms with Gasteiger partial charge in [0.2, 0.25) is 0 Å². The van der Waals surface area contributed by atoms with Crippen LogP contribution in [0.25, 0.3) is 0 Å². The molecule has 1 fully saturated rings. The zero-order valence-corrected chi connectivity index (χ0v) is 11.9. The summed E-state index contributed by atoms with van der Waals surface area (Å²) < 4.78 is 0. The summed E-state index contributed by atoms with van der Waals surface area (Å²) in [5.41, 5.74) is 1.08. The van der Waals surface area contributed by atoms with Gasteiger partial charge in [0.05, 0.1) is 6.54 Å². The number of amides is 2. The van der Waals surface area contributed by atoms with Gasteiger partial charge in [-0.2, -0.15) is 0 Å². The van der Waals surface area contributed by atoms with Crippen LogP contribution in [0.3, 0.4) is 0 Å². The monoisotopic (exact) mass is 270 g/mol. The maximum atomic E-state index is 11.9. The number of amidine groups is 1. The molecule has 2 rings (SSSR count). The molecule has 0 bridgehead atoms. The van der Waals surface area contributed by atoms with Crippen molar-refractivity contribution in [1.82, 2.24) is 10.2 Å². The van der Waals surface area contributed by atoms with Crippen molar-refractivity contribution in [3.8, 4) is 12.3 Å². The summed E-state index contributed by atoms with van der Waals surface area (Å²) in [5, 5.41) is 10.6. The number of hydrogen-bond donors (Lipinski definition) is 2. The first-order valence-corrected chi connectivity index (χ1v) is 6.30. The lowest BCUT2D eigenvalue weighted by Crippen LogP contribution is -2.44. The first-order chi connectivity index (χ1) is 9.41. The summed E-state index contributed by atoms with van der Waals surface area (Å²) >= 11 is 0. The number of nitrogens with zero attached hydrogens (tertiary/aromatic N) is 2. The molecule has 5 nitrogen and oxygen atoms in total. The van der Waals surface area contributed by atoms with Gasteiger partial charge >= 0.3 is 6.03 Å². The molecule has 1 heterocycles. The zero-order valence-electron chi connectivity index (χ0n) is 11.9. The Morgan fingerprint density at radius 2 is 2.00 bits per heavy atom. The van der Waals surface area contributed by atoms with Crippen LogP contribution in [0, 0.1) is 17.8 Å². The lowest BCUT2D eigenvalue weighted by molar-refractivity contribution is 0.190. The molecule has 0 aromatic heterocycles. The SMILES string of the molecule is C#CCN1C(=O)NC(=N)C1(C)c1ccc(N(C)C)cc1. The third-order valence-corrected chi connectivity index (χ3v) is 3.70. The smallest absolute Gasteiger partial charge is 0.324 e. The minimum atomic E-state index is -0.839. The summed E-state index contributed by atoms with van der Waals surface area (Å²) in [4.78, 5) is 15.4. The van der Waals surface area contributed by atoms with Gasteiger partial charge in [0, 0.05) is 19.8 Å². The second-order valence-corrected chi connectivity index (χ2v) is 5.11. The highest BCUT2D eigenvalue weighted by molar-refractivity contribution is 6.08. The molecule has 1 aliphatic rings. The number of urea groups is 1. The number of rotatable bonds is 3. The van der Waals surface area contributed by atoms with E-state index in [-0.39, 0.29) is 18.4 Å². The van der Waals surface area contributed by atoms with Crippen molar-refractivity contribution >= 4 is 17.6 Å². The van der Waals surface area contributed by atoms with Crippen LogP contribution < -0.4 is 10.2 Å². The molecular weight excluding hydrogens is 252 g/mol. The molecule has 20 heavy (non-hydrogen) atoms. The van der Waals surface area contributed by atoms with Crippen LogP contribution in [0.4, 0.5) is 10.5 Å². The van der Waals surface area contributed by atoms with Crippen molar-refractivity contribution < 1.29 is 4.79 Å². The lowest BCUT2D eigenvalue weighted by atomic mass is 9.90. The maximum Gasteiger partial charge on any atom is 0.324 e. The van der Waals surface area contributed by atoms with Crippen LogP contribution in [0.15, 0.2) is 24.3 Å². The fraction of sp³-hybridized carbons (Fsp3) is 0.333. The number of benzene rings is 1. The Bertz CT molecular complexity index is 585. The first kappa shape index (κ1) is 13.9. The molecule has 2 N–H and O–H groups in total. The van der Waals surface area contributed by atoms with Gasteiger partial charge in [-0.15, -0.1) is 6.42 Å². The van der Waals surface area contributed by atoms with Crippen LogP contribution in [-0.4, -0.2) is 37.4 Å². The van der Waals surface area contributed by atoms with E-state index in [2.05, 4.69) is 11.2 Å². The lowest BCUT2D eigenvalue weighted by Gasteiger charge is -2.32. The average Bonchev–Trinajstić information content (AvgIpc) is 2.64. The number of hydrogen-bond acceptors (Lipinski definition) is 3. The fourth-order valence-corrected chi connectivity index (χ4v) is 2.34. The Morgan fingerprint density at radius 1 is 1.40 bits per heavy atom. The van der Waals surface area contributed by atoms with E-state index in [0.717, 1.165) is 11.3 Å². The minimum absolute atomic E-state index is 0.148. The van der Waals surface area contributed by atoms with E-state index in [1.54, 1.807) is 0 Å². The van der Waals surface area contributed by atoms with Crippen LogP contribution >= 0.6 is 0 Å². The van der Waals surface area contributed by atoms with E-state index in [9.17, 15) is 4.79 Å². The van der Waals surface area contributed by atoms with Gasteiger partial charge in [-0.3, -0.25) is 15.6 Å². The molecule has 1 aromatic rings. The highest BCUT2D eigenvalue weighted by Crippen LogP contribution is 2.33. The van der Waals surface area contributed by atoms with Gasteiger partial charge in [0.25, 0.3) is 0 Å². The van der Waals surface area contributed by atoms with Crippen LogP contribution in [0.1, 0.15) is 12.5 Å². The number of anilines is 1. The normalized spacial score (nSPS) is 21.6. The Morgan fingerprint density at radius 3 is 2.50 bits per heavy atom. The average molecular weight is 270 g/mol. The fourth-order valence-electron chi connectivity index (χ4n) is 2.34. The summed E-state index contributed by atoms with van der Waals surface area (Å²) in [7, 11) is 3.92. The molecule has 1 aliphatic heterocycles. The van der Waals surface area contributed by atoms with Crippen molar-refractivity contribution in [1.29, 1.82) is 5.41 Å². The van der Waals surface area contributed by atoms with Crippen molar-refractivity contribution in [3.63, 3.8) is 0 Å². The summed E-state index contributed by atoms with van der Waals surface area (Å²) in [6, 6.07) is 7.45. The van der Waals surface area contributed by atoms with E-state index in [1.165, 1.54) is 4.90 Å².